The van der Waals surface area contributed by atoms with Crippen LogP contribution in [0.25, 0.3) is 5.65 Å². The molecule has 1 aliphatic rings. The highest BCUT2D eigenvalue weighted by Gasteiger charge is 2.35. The van der Waals surface area contributed by atoms with Gasteiger partial charge in [0.1, 0.15) is 5.65 Å². The van der Waals surface area contributed by atoms with Gasteiger partial charge < -0.3 is 4.40 Å². The number of hydrogen-bond donors (Lipinski definition) is 0. The molecule has 158 valence electrons. The van der Waals surface area contributed by atoms with Gasteiger partial charge in [0, 0.05) is 42.9 Å². The lowest BCUT2D eigenvalue weighted by molar-refractivity contribution is 0.0779. The minimum atomic E-state index is 0.282. The van der Waals surface area contributed by atoms with Crippen molar-refractivity contribution in [1.29, 1.82) is 0 Å². The van der Waals surface area contributed by atoms with Crippen LogP contribution >= 0.6 is 0 Å². The van der Waals surface area contributed by atoms with E-state index in [0.717, 1.165) is 48.5 Å². The Morgan fingerprint density at radius 1 is 0.935 bits per heavy atom. The second-order valence-corrected chi connectivity index (χ2v) is 8.56. The van der Waals surface area contributed by atoms with E-state index in [-0.39, 0.29) is 6.04 Å². The standard InChI is InChI=1S/C26H29N5/c1-19-8-7-15-27-26(19)24-12-6-11-23(22-18-30-16-4-3-13-25(30)29-22)31(24)17-14-21-10-5-9-20(2)28-21/h3-5,7-10,13,15-16,18,23-24H,6,11-12,14,17H2,1-2H3/t23-,24+/m1/s1. The number of aryl methyl sites for hydroxylation is 2. The third kappa shape index (κ3) is 4.10. The van der Waals surface area contributed by atoms with E-state index in [0.29, 0.717) is 6.04 Å². The second kappa shape index (κ2) is 8.60. The van der Waals surface area contributed by atoms with Crippen LogP contribution in [0, 0.1) is 13.8 Å². The summed E-state index contributed by atoms with van der Waals surface area (Å²) in [5.74, 6) is 0. The van der Waals surface area contributed by atoms with E-state index in [4.69, 9.17) is 15.0 Å². The largest absolute Gasteiger partial charge is 0.307 e. The highest BCUT2D eigenvalue weighted by molar-refractivity contribution is 5.40. The van der Waals surface area contributed by atoms with Crippen LogP contribution in [0.1, 0.15) is 59.7 Å². The van der Waals surface area contributed by atoms with Crippen molar-refractivity contribution in [2.75, 3.05) is 6.54 Å². The number of rotatable bonds is 5. The number of pyridine rings is 3. The first-order valence-corrected chi connectivity index (χ1v) is 11.2. The molecule has 31 heavy (non-hydrogen) atoms. The first-order valence-electron chi connectivity index (χ1n) is 11.2. The van der Waals surface area contributed by atoms with Crippen LogP contribution in [0.3, 0.4) is 0 Å². The second-order valence-electron chi connectivity index (χ2n) is 8.56. The third-order valence-corrected chi connectivity index (χ3v) is 6.42. The van der Waals surface area contributed by atoms with Crippen molar-refractivity contribution in [3.8, 4) is 0 Å². The lowest BCUT2D eigenvalue weighted by Gasteiger charge is -2.41. The predicted octanol–water partition coefficient (Wildman–Crippen LogP) is 5.25. The van der Waals surface area contributed by atoms with Crippen molar-refractivity contribution in [3.05, 3.63) is 95.5 Å². The molecule has 0 spiro atoms. The van der Waals surface area contributed by atoms with E-state index in [2.05, 4.69) is 71.9 Å². The van der Waals surface area contributed by atoms with Gasteiger partial charge >= 0.3 is 0 Å². The average Bonchev–Trinajstić information content (AvgIpc) is 3.22. The highest BCUT2D eigenvalue weighted by atomic mass is 15.2. The van der Waals surface area contributed by atoms with E-state index in [1.54, 1.807) is 0 Å². The number of likely N-dealkylation sites (tertiary alicyclic amines) is 1. The summed E-state index contributed by atoms with van der Waals surface area (Å²) in [4.78, 5) is 17.2. The lowest BCUT2D eigenvalue weighted by Crippen LogP contribution is -2.38. The van der Waals surface area contributed by atoms with Gasteiger partial charge in [0.05, 0.1) is 23.5 Å². The first kappa shape index (κ1) is 19.9. The number of imidazole rings is 1. The molecule has 0 N–H and O–H groups in total. The molecule has 0 radical (unpaired) electrons. The van der Waals surface area contributed by atoms with Crippen molar-refractivity contribution >= 4 is 5.65 Å². The summed E-state index contributed by atoms with van der Waals surface area (Å²) >= 11 is 0. The maximum Gasteiger partial charge on any atom is 0.137 e. The number of nitrogens with zero attached hydrogens (tertiary/aromatic N) is 5. The molecule has 0 aromatic carbocycles. The van der Waals surface area contributed by atoms with Crippen molar-refractivity contribution < 1.29 is 0 Å². The molecule has 1 saturated heterocycles. The molecule has 5 rings (SSSR count). The van der Waals surface area contributed by atoms with Gasteiger partial charge in [-0.1, -0.05) is 18.2 Å². The molecular formula is C26H29N5. The molecule has 2 atom stereocenters. The summed E-state index contributed by atoms with van der Waals surface area (Å²) in [5, 5.41) is 0. The molecule has 4 aromatic rings. The Morgan fingerprint density at radius 3 is 2.68 bits per heavy atom. The Labute approximate surface area is 183 Å². The summed E-state index contributed by atoms with van der Waals surface area (Å²) in [6.45, 7) is 5.18. The van der Waals surface area contributed by atoms with Gasteiger partial charge in [-0.05, 0) is 69.0 Å². The van der Waals surface area contributed by atoms with Crippen molar-refractivity contribution in [1.82, 2.24) is 24.3 Å². The number of aromatic nitrogens is 4. The summed E-state index contributed by atoms with van der Waals surface area (Å²) in [6.07, 6.45) is 10.6. The van der Waals surface area contributed by atoms with Gasteiger partial charge in [0.25, 0.3) is 0 Å². The Bertz CT molecular complexity index is 1150. The number of hydrogen-bond acceptors (Lipinski definition) is 4. The SMILES string of the molecule is Cc1cccc(CCN2[C@@H](c3cn4ccccc4n3)CCC[C@H]2c2ncccc2C)n1. The average molecular weight is 412 g/mol. The topological polar surface area (TPSA) is 46.3 Å². The van der Waals surface area contributed by atoms with E-state index in [1.807, 2.05) is 18.3 Å². The van der Waals surface area contributed by atoms with E-state index >= 15 is 0 Å². The van der Waals surface area contributed by atoms with Crippen molar-refractivity contribution in [2.45, 2.75) is 51.6 Å². The van der Waals surface area contributed by atoms with Crippen molar-refractivity contribution in [2.24, 2.45) is 0 Å². The fourth-order valence-electron chi connectivity index (χ4n) is 4.92. The Kier molecular flexibility index (Phi) is 5.51. The van der Waals surface area contributed by atoms with E-state index in [1.165, 1.54) is 17.7 Å². The molecular weight excluding hydrogens is 382 g/mol. The molecule has 0 saturated carbocycles. The summed E-state index contributed by atoms with van der Waals surface area (Å²) in [7, 11) is 0. The van der Waals surface area contributed by atoms with Gasteiger partial charge in [0.2, 0.25) is 0 Å². The summed E-state index contributed by atoms with van der Waals surface area (Å²) in [6, 6.07) is 17.3. The highest BCUT2D eigenvalue weighted by Crippen LogP contribution is 2.41. The zero-order chi connectivity index (χ0) is 21.2. The smallest absolute Gasteiger partial charge is 0.137 e. The van der Waals surface area contributed by atoms with Gasteiger partial charge in [-0.3, -0.25) is 14.9 Å². The molecule has 0 amide bonds. The summed E-state index contributed by atoms with van der Waals surface area (Å²) in [5.41, 5.74) is 6.85. The maximum absolute atomic E-state index is 4.99. The number of fused-ring (bicyclic) bond motifs is 1. The van der Waals surface area contributed by atoms with Crippen LogP contribution in [0.5, 0.6) is 0 Å². The Morgan fingerprint density at radius 2 is 1.84 bits per heavy atom. The van der Waals surface area contributed by atoms with Crippen molar-refractivity contribution in [3.63, 3.8) is 0 Å². The molecule has 4 aromatic heterocycles. The molecule has 0 unspecified atom stereocenters. The maximum atomic E-state index is 4.99. The number of piperidine rings is 1. The molecule has 5 heterocycles. The molecule has 0 aliphatic carbocycles. The van der Waals surface area contributed by atoms with Crippen LogP contribution < -0.4 is 0 Å². The van der Waals surface area contributed by atoms with Gasteiger partial charge in [0.15, 0.2) is 0 Å². The third-order valence-electron chi connectivity index (χ3n) is 6.42. The molecule has 1 aliphatic heterocycles. The molecule has 5 heteroatoms. The summed E-state index contributed by atoms with van der Waals surface area (Å²) < 4.78 is 2.13. The fraction of sp³-hybridized carbons (Fsp3) is 0.346. The van der Waals surface area contributed by atoms with Gasteiger partial charge in [-0.15, -0.1) is 0 Å². The molecule has 0 bridgehead atoms. The van der Waals surface area contributed by atoms with Crippen LogP contribution in [-0.2, 0) is 6.42 Å². The minimum Gasteiger partial charge on any atom is -0.307 e. The minimum absolute atomic E-state index is 0.282. The molecule has 5 nitrogen and oxygen atoms in total. The van der Waals surface area contributed by atoms with Gasteiger partial charge in [-0.25, -0.2) is 4.98 Å². The first-order chi connectivity index (χ1) is 15.2. The van der Waals surface area contributed by atoms with Crippen LogP contribution in [-0.4, -0.2) is 30.8 Å². The Balaban J connectivity index is 1.50. The lowest BCUT2D eigenvalue weighted by atomic mass is 9.90. The Hall–Kier alpha value is -3.05. The van der Waals surface area contributed by atoms with E-state index in [9.17, 15) is 0 Å². The molecule has 1 fully saturated rings. The van der Waals surface area contributed by atoms with Crippen LogP contribution in [0.2, 0.25) is 0 Å². The zero-order valence-electron chi connectivity index (χ0n) is 18.3. The predicted molar refractivity (Wildman–Crippen MR) is 123 cm³/mol. The quantitative estimate of drug-likeness (QED) is 0.450. The monoisotopic (exact) mass is 411 g/mol. The normalized spacial score (nSPS) is 19.7. The van der Waals surface area contributed by atoms with E-state index < -0.39 is 0 Å². The fourth-order valence-corrected chi connectivity index (χ4v) is 4.92. The van der Waals surface area contributed by atoms with Crippen LogP contribution in [0.15, 0.2) is 67.1 Å². The zero-order valence-corrected chi connectivity index (χ0v) is 18.3. The van der Waals surface area contributed by atoms with Crippen LogP contribution in [0.4, 0.5) is 0 Å². The van der Waals surface area contributed by atoms with Gasteiger partial charge in [-0.2, -0.15) is 0 Å².